The van der Waals surface area contributed by atoms with Crippen molar-refractivity contribution < 1.29 is 0 Å². The van der Waals surface area contributed by atoms with Crippen molar-refractivity contribution in [2.45, 2.75) is 33.7 Å². The molecule has 0 radical (unpaired) electrons. The predicted molar refractivity (Wildman–Crippen MR) is 91.6 cm³/mol. The van der Waals surface area contributed by atoms with E-state index >= 15 is 0 Å². The van der Waals surface area contributed by atoms with Gasteiger partial charge in [0.15, 0.2) is 5.11 Å². The van der Waals surface area contributed by atoms with Crippen molar-refractivity contribution in [2.24, 2.45) is 7.05 Å². The summed E-state index contributed by atoms with van der Waals surface area (Å²) >= 11 is 5.42. The molecule has 21 heavy (non-hydrogen) atoms. The number of thiocarbonyl (C=S) groups is 1. The number of rotatable bonds is 3. The molecule has 1 atom stereocenters. The van der Waals surface area contributed by atoms with Crippen molar-refractivity contribution in [2.75, 3.05) is 5.32 Å². The lowest BCUT2D eigenvalue weighted by Crippen LogP contribution is -2.31. The van der Waals surface area contributed by atoms with Crippen LogP contribution in [0.15, 0.2) is 24.4 Å². The summed E-state index contributed by atoms with van der Waals surface area (Å²) in [7, 11) is 1.93. The van der Waals surface area contributed by atoms with E-state index in [1.54, 1.807) is 0 Å². The van der Waals surface area contributed by atoms with E-state index in [4.69, 9.17) is 12.2 Å². The standard InChI is InChI=1S/C16H22N4S/c1-10-6-7-11(2)15(8-10)18-16(21)17-12(3)14-9-20(5)19-13(14)4/h6-9,12H,1-5H3,(H2,17,18,21). The highest BCUT2D eigenvalue weighted by Gasteiger charge is 2.13. The first-order valence-corrected chi connectivity index (χ1v) is 7.42. The van der Waals surface area contributed by atoms with Gasteiger partial charge in [-0.3, -0.25) is 4.68 Å². The van der Waals surface area contributed by atoms with Gasteiger partial charge in [-0.15, -0.1) is 0 Å². The molecule has 5 heteroatoms. The number of hydrogen-bond donors (Lipinski definition) is 2. The first-order chi connectivity index (χ1) is 9.86. The summed E-state index contributed by atoms with van der Waals surface area (Å²) in [4.78, 5) is 0. The summed E-state index contributed by atoms with van der Waals surface area (Å²) in [6.07, 6.45) is 2.02. The molecule has 2 rings (SSSR count). The maximum Gasteiger partial charge on any atom is 0.171 e. The monoisotopic (exact) mass is 302 g/mol. The average Bonchev–Trinajstić information content (AvgIpc) is 2.73. The lowest BCUT2D eigenvalue weighted by molar-refractivity contribution is 0.715. The van der Waals surface area contributed by atoms with Crippen molar-refractivity contribution in [3.8, 4) is 0 Å². The molecule has 4 nitrogen and oxygen atoms in total. The molecule has 0 fully saturated rings. The number of nitrogens with zero attached hydrogens (tertiary/aromatic N) is 2. The molecular formula is C16H22N4S. The van der Waals surface area contributed by atoms with Gasteiger partial charge in [-0.25, -0.2) is 0 Å². The number of anilines is 1. The van der Waals surface area contributed by atoms with Crippen LogP contribution in [0.4, 0.5) is 5.69 Å². The smallest absolute Gasteiger partial charge is 0.171 e. The van der Waals surface area contributed by atoms with E-state index in [9.17, 15) is 0 Å². The zero-order chi connectivity index (χ0) is 15.6. The zero-order valence-electron chi connectivity index (χ0n) is 13.2. The van der Waals surface area contributed by atoms with Crippen molar-refractivity contribution in [1.29, 1.82) is 0 Å². The Balaban J connectivity index is 2.04. The van der Waals surface area contributed by atoms with Crippen molar-refractivity contribution in [1.82, 2.24) is 15.1 Å². The van der Waals surface area contributed by atoms with E-state index in [1.165, 1.54) is 11.1 Å². The second-order valence-corrected chi connectivity index (χ2v) is 5.89. The van der Waals surface area contributed by atoms with Crippen LogP contribution < -0.4 is 10.6 Å². The van der Waals surface area contributed by atoms with Crippen molar-refractivity contribution in [3.63, 3.8) is 0 Å². The minimum absolute atomic E-state index is 0.115. The first-order valence-electron chi connectivity index (χ1n) is 7.01. The van der Waals surface area contributed by atoms with Crippen LogP contribution in [0.3, 0.4) is 0 Å². The largest absolute Gasteiger partial charge is 0.356 e. The Hall–Kier alpha value is -1.88. The summed E-state index contributed by atoms with van der Waals surface area (Å²) in [5.41, 5.74) is 5.61. The Morgan fingerprint density at radius 3 is 2.62 bits per heavy atom. The highest BCUT2D eigenvalue weighted by Crippen LogP contribution is 2.18. The number of hydrogen-bond acceptors (Lipinski definition) is 2. The molecule has 0 amide bonds. The quantitative estimate of drug-likeness (QED) is 0.853. The van der Waals surface area contributed by atoms with Gasteiger partial charge in [0.1, 0.15) is 0 Å². The molecular weight excluding hydrogens is 280 g/mol. The van der Waals surface area contributed by atoms with E-state index in [0.717, 1.165) is 16.9 Å². The van der Waals surface area contributed by atoms with Crippen LogP contribution in [-0.2, 0) is 7.05 Å². The van der Waals surface area contributed by atoms with Crippen molar-refractivity contribution >= 4 is 23.0 Å². The summed E-state index contributed by atoms with van der Waals surface area (Å²) in [5, 5.41) is 11.6. The fraction of sp³-hybridized carbons (Fsp3) is 0.375. The summed E-state index contributed by atoms with van der Waals surface area (Å²) in [6, 6.07) is 6.40. The van der Waals surface area contributed by atoms with Gasteiger partial charge in [0.25, 0.3) is 0 Å². The molecule has 0 saturated heterocycles. The Morgan fingerprint density at radius 1 is 1.29 bits per heavy atom. The molecule has 0 saturated carbocycles. The van der Waals surface area contributed by atoms with Gasteiger partial charge in [-0.05, 0) is 57.1 Å². The SMILES string of the molecule is Cc1ccc(C)c(NC(=S)NC(C)c2cn(C)nc2C)c1. The molecule has 2 N–H and O–H groups in total. The van der Waals surface area contributed by atoms with Crippen LogP contribution >= 0.6 is 12.2 Å². The second kappa shape index (κ2) is 6.26. The fourth-order valence-corrected chi connectivity index (χ4v) is 2.63. The molecule has 112 valence electrons. The first kappa shape index (κ1) is 15.5. The lowest BCUT2D eigenvalue weighted by atomic mass is 10.1. The maximum absolute atomic E-state index is 5.42. The fourth-order valence-electron chi connectivity index (χ4n) is 2.35. The Morgan fingerprint density at radius 2 is 2.00 bits per heavy atom. The molecule has 0 spiro atoms. The molecule has 2 aromatic rings. The Kier molecular flexibility index (Phi) is 4.63. The number of aromatic nitrogens is 2. The second-order valence-electron chi connectivity index (χ2n) is 5.48. The molecule has 0 aliphatic carbocycles. The third kappa shape index (κ3) is 3.82. The van der Waals surface area contributed by atoms with Gasteiger partial charge in [0, 0.05) is 24.5 Å². The van der Waals surface area contributed by atoms with E-state index in [-0.39, 0.29) is 6.04 Å². The van der Waals surface area contributed by atoms with Crippen LogP contribution in [0.5, 0.6) is 0 Å². The molecule has 1 aromatic carbocycles. The maximum atomic E-state index is 5.42. The molecule has 1 unspecified atom stereocenters. The average molecular weight is 302 g/mol. The van der Waals surface area contributed by atoms with Crippen LogP contribution in [0.25, 0.3) is 0 Å². The van der Waals surface area contributed by atoms with Gasteiger partial charge in [-0.2, -0.15) is 5.10 Å². The van der Waals surface area contributed by atoms with Crippen LogP contribution in [0.2, 0.25) is 0 Å². The number of aryl methyl sites for hydroxylation is 4. The van der Waals surface area contributed by atoms with Gasteiger partial charge in [0.05, 0.1) is 11.7 Å². The third-order valence-electron chi connectivity index (χ3n) is 3.51. The summed E-state index contributed by atoms with van der Waals surface area (Å²) in [5.74, 6) is 0. The van der Waals surface area contributed by atoms with E-state index in [1.807, 2.05) is 24.9 Å². The van der Waals surface area contributed by atoms with Gasteiger partial charge < -0.3 is 10.6 Å². The molecule has 1 heterocycles. The lowest BCUT2D eigenvalue weighted by Gasteiger charge is -2.18. The molecule has 0 aliphatic rings. The number of nitrogens with one attached hydrogen (secondary N) is 2. The van der Waals surface area contributed by atoms with Crippen LogP contribution in [-0.4, -0.2) is 14.9 Å². The summed E-state index contributed by atoms with van der Waals surface area (Å²) in [6.45, 7) is 8.23. The van der Waals surface area contributed by atoms with E-state index in [0.29, 0.717) is 5.11 Å². The zero-order valence-corrected chi connectivity index (χ0v) is 14.0. The highest BCUT2D eigenvalue weighted by atomic mass is 32.1. The highest BCUT2D eigenvalue weighted by molar-refractivity contribution is 7.80. The van der Waals surface area contributed by atoms with Crippen molar-refractivity contribution in [3.05, 3.63) is 46.8 Å². The molecule has 0 aliphatic heterocycles. The van der Waals surface area contributed by atoms with Gasteiger partial charge in [0.2, 0.25) is 0 Å². The van der Waals surface area contributed by atoms with Gasteiger partial charge >= 0.3 is 0 Å². The third-order valence-corrected chi connectivity index (χ3v) is 3.73. The topological polar surface area (TPSA) is 41.9 Å². The Bertz CT molecular complexity index is 660. The predicted octanol–water partition coefficient (Wildman–Crippen LogP) is 3.39. The van der Waals surface area contributed by atoms with Crippen LogP contribution in [0.1, 0.15) is 35.3 Å². The normalized spacial score (nSPS) is 12.0. The molecule has 0 bridgehead atoms. The minimum atomic E-state index is 0.115. The molecule has 1 aromatic heterocycles. The summed E-state index contributed by atoms with van der Waals surface area (Å²) < 4.78 is 1.82. The Labute approximate surface area is 131 Å². The number of benzene rings is 1. The van der Waals surface area contributed by atoms with Gasteiger partial charge in [-0.1, -0.05) is 12.1 Å². The minimum Gasteiger partial charge on any atom is -0.356 e. The van der Waals surface area contributed by atoms with E-state index < -0.39 is 0 Å². The van der Waals surface area contributed by atoms with Crippen LogP contribution in [0, 0.1) is 20.8 Å². The van der Waals surface area contributed by atoms with E-state index in [2.05, 4.69) is 54.7 Å².